The van der Waals surface area contributed by atoms with Crippen LogP contribution in [0, 0.1) is 0 Å². The topological polar surface area (TPSA) is 0 Å². The van der Waals surface area contributed by atoms with Crippen molar-refractivity contribution in [2.24, 2.45) is 0 Å². The van der Waals surface area contributed by atoms with E-state index in [1.807, 2.05) is 0 Å². The van der Waals surface area contributed by atoms with Gasteiger partial charge in [0.25, 0.3) is 0 Å². The van der Waals surface area contributed by atoms with Crippen molar-refractivity contribution in [3.63, 3.8) is 0 Å². The first-order valence-electron chi connectivity index (χ1n) is 11.7. The van der Waals surface area contributed by atoms with Crippen LogP contribution in [0.15, 0.2) is 127 Å². The van der Waals surface area contributed by atoms with Crippen molar-refractivity contribution in [3.05, 3.63) is 144 Å². The van der Waals surface area contributed by atoms with E-state index in [4.69, 9.17) is 0 Å². The van der Waals surface area contributed by atoms with Crippen LogP contribution in [0.3, 0.4) is 0 Å². The number of hydrogen-bond acceptors (Lipinski definition) is 0. The van der Waals surface area contributed by atoms with E-state index in [9.17, 15) is 0 Å². The van der Waals surface area contributed by atoms with Crippen LogP contribution in [-0.2, 0) is 12.8 Å². The van der Waals surface area contributed by atoms with E-state index in [0.29, 0.717) is 0 Å². The molecule has 0 saturated carbocycles. The molecular weight excluding hydrogens is 396 g/mol. The van der Waals surface area contributed by atoms with Gasteiger partial charge in [0, 0.05) is 0 Å². The van der Waals surface area contributed by atoms with Gasteiger partial charge in [-0.3, -0.25) is 0 Å². The maximum atomic E-state index is 2.38. The summed E-state index contributed by atoms with van der Waals surface area (Å²) in [5, 5.41) is 0. The first-order chi connectivity index (χ1) is 16.3. The Balaban J connectivity index is 1.59. The fraction of sp³-hybridized carbons (Fsp3) is 0.0909. The average Bonchev–Trinajstić information content (AvgIpc) is 2.90. The molecule has 5 rings (SSSR count). The molecule has 160 valence electrons. The highest BCUT2D eigenvalue weighted by molar-refractivity contribution is 5.74. The minimum absolute atomic E-state index is 0.921. The summed E-state index contributed by atoms with van der Waals surface area (Å²) in [4.78, 5) is 0. The van der Waals surface area contributed by atoms with Gasteiger partial charge in [-0.1, -0.05) is 128 Å². The number of aryl methyl sites for hydroxylation is 1. The average molecular weight is 425 g/mol. The van der Waals surface area contributed by atoms with Gasteiger partial charge in [-0.2, -0.15) is 0 Å². The van der Waals surface area contributed by atoms with Crippen molar-refractivity contribution >= 4 is 0 Å². The monoisotopic (exact) mass is 424 g/mol. The Kier molecular flexibility index (Phi) is 6.17. The van der Waals surface area contributed by atoms with Crippen LogP contribution in [-0.4, -0.2) is 0 Å². The molecule has 0 N–H and O–H groups in total. The lowest BCUT2D eigenvalue weighted by Crippen LogP contribution is -1.97. The predicted molar refractivity (Wildman–Crippen MR) is 141 cm³/mol. The second kappa shape index (κ2) is 9.71. The molecule has 0 aliphatic heterocycles. The number of hydrogen-bond donors (Lipinski definition) is 0. The second-order valence-electron chi connectivity index (χ2n) is 8.53. The van der Waals surface area contributed by atoms with Crippen LogP contribution < -0.4 is 0 Å². The summed E-state index contributed by atoms with van der Waals surface area (Å²) < 4.78 is 0. The molecular formula is C33H28. The normalized spacial score (nSPS) is 10.8. The summed E-state index contributed by atoms with van der Waals surface area (Å²) in [6, 6.07) is 46.0. The highest BCUT2D eigenvalue weighted by atomic mass is 14.1. The smallest absolute Gasteiger partial charge is 0.00224 e. The molecule has 0 nitrogen and oxygen atoms in total. The molecule has 5 aromatic carbocycles. The van der Waals surface area contributed by atoms with Gasteiger partial charge in [0.1, 0.15) is 0 Å². The lowest BCUT2D eigenvalue weighted by molar-refractivity contribution is 1.06. The van der Waals surface area contributed by atoms with Crippen LogP contribution >= 0.6 is 0 Å². The highest BCUT2D eigenvalue weighted by Crippen LogP contribution is 2.31. The molecule has 0 aliphatic rings. The van der Waals surface area contributed by atoms with Gasteiger partial charge in [0.05, 0.1) is 0 Å². The third kappa shape index (κ3) is 4.81. The molecule has 33 heavy (non-hydrogen) atoms. The Morgan fingerprint density at radius 3 is 1.36 bits per heavy atom. The Hall–Kier alpha value is -3.90. The maximum Gasteiger partial charge on any atom is -0.00224 e. The zero-order chi connectivity index (χ0) is 22.5. The second-order valence-corrected chi connectivity index (χ2v) is 8.53. The molecule has 0 heteroatoms. The van der Waals surface area contributed by atoms with E-state index in [-0.39, 0.29) is 0 Å². The van der Waals surface area contributed by atoms with E-state index in [2.05, 4.69) is 134 Å². The first kappa shape index (κ1) is 21.0. The van der Waals surface area contributed by atoms with E-state index in [1.165, 1.54) is 50.1 Å². The van der Waals surface area contributed by atoms with Crippen LogP contribution in [0.2, 0.25) is 0 Å². The van der Waals surface area contributed by atoms with Gasteiger partial charge in [-0.15, -0.1) is 0 Å². The van der Waals surface area contributed by atoms with Crippen LogP contribution in [0.4, 0.5) is 0 Å². The zero-order valence-electron chi connectivity index (χ0n) is 19.0. The SMILES string of the molecule is CCc1ccc(-c2ccccc2)cc1Cc1cc(-c2ccccc2)cc(-c2ccccc2)c1. The van der Waals surface area contributed by atoms with Crippen LogP contribution in [0.1, 0.15) is 23.6 Å². The van der Waals surface area contributed by atoms with Gasteiger partial charge in [-0.05, 0) is 69.0 Å². The molecule has 0 radical (unpaired) electrons. The highest BCUT2D eigenvalue weighted by Gasteiger charge is 2.10. The molecule has 0 fully saturated rings. The Morgan fingerprint density at radius 2 is 0.879 bits per heavy atom. The number of rotatable bonds is 6. The minimum Gasteiger partial charge on any atom is -0.0622 e. The molecule has 0 amide bonds. The number of benzene rings is 5. The molecule has 0 aliphatic carbocycles. The molecule has 0 aromatic heterocycles. The summed E-state index contributed by atoms with van der Waals surface area (Å²) in [6.07, 6.45) is 1.96. The zero-order valence-corrected chi connectivity index (χ0v) is 19.0. The van der Waals surface area contributed by atoms with Crippen LogP contribution in [0.25, 0.3) is 33.4 Å². The molecule has 0 saturated heterocycles. The van der Waals surface area contributed by atoms with Gasteiger partial charge in [-0.25, -0.2) is 0 Å². The standard InChI is InChI=1S/C33H28/c1-2-26-18-19-30(27-12-6-3-7-13-27)23-31(26)20-25-21-32(28-14-8-4-9-15-28)24-33(22-25)29-16-10-5-11-17-29/h3-19,21-24H,2,20H2,1H3. The summed E-state index contributed by atoms with van der Waals surface area (Å²) in [5.74, 6) is 0. The molecule has 0 spiro atoms. The van der Waals surface area contributed by atoms with Crippen molar-refractivity contribution in [2.45, 2.75) is 19.8 Å². The summed E-state index contributed by atoms with van der Waals surface area (Å²) >= 11 is 0. The van der Waals surface area contributed by atoms with Gasteiger partial charge in [0.15, 0.2) is 0 Å². The fourth-order valence-corrected chi connectivity index (χ4v) is 4.55. The van der Waals surface area contributed by atoms with Crippen molar-refractivity contribution in [1.82, 2.24) is 0 Å². The summed E-state index contributed by atoms with van der Waals surface area (Å²) in [5.41, 5.74) is 11.8. The predicted octanol–water partition coefficient (Wildman–Crippen LogP) is 8.84. The first-order valence-corrected chi connectivity index (χ1v) is 11.7. The summed E-state index contributed by atoms with van der Waals surface area (Å²) in [7, 11) is 0. The largest absolute Gasteiger partial charge is 0.0622 e. The summed E-state index contributed by atoms with van der Waals surface area (Å²) in [6.45, 7) is 2.25. The van der Waals surface area contributed by atoms with E-state index < -0.39 is 0 Å². The van der Waals surface area contributed by atoms with Crippen LogP contribution in [0.5, 0.6) is 0 Å². The Morgan fingerprint density at radius 1 is 0.394 bits per heavy atom. The van der Waals surface area contributed by atoms with E-state index in [1.54, 1.807) is 0 Å². The third-order valence-electron chi connectivity index (χ3n) is 6.30. The quantitative estimate of drug-likeness (QED) is 0.255. The van der Waals surface area contributed by atoms with Crippen molar-refractivity contribution in [2.75, 3.05) is 0 Å². The molecule has 5 aromatic rings. The third-order valence-corrected chi connectivity index (χ3v) is 6.30. The minimum atomic E-state index is 0.921. The van der Waals surface area contributed by atoms with E-state index >= 15 is 0 Å². The molecule has 0 bridgehead atoms. The van der Waals surface area contributed by atoms with Gasteiger partial charge < -0.3 is 0 Å². The van der Waals surface area contributed by atoms with Gasteiger partial charge in [0.2, 0.25) is 0 Å². The van der Waals surface area contributed by atoms with Crippen molar-refractivity contribution in [3.8, 4) is 33.4 Å². The molecule has 0 unspecified atom stereocenters. The lowest BCUT2D eigenvalue weighted by Gasteiger charge is -2.14. The lowest BCUT2D eigenvalue weighted by atomic mass is 9.90. The van der Waals surface area contributed by atoms with E-state index in [0.717, 1.165) is 12.8 Å². The van der Waals surface area contributed by atoms with Crippen molar-refractivity contribution < 1.29 is 0 Å². The molecule has 0 atom stereocenters. The Bertz CT molecular complexity index is 1280. The Labute approximate surface area is 197 Å². The molecule has 0 heterocycles. The van der Waals surface area contributed by atoms with Gasteiger partial charge >= 0.3 is 0 Å². The van der Waals surface area contributed by atoms with Crippen molar-refractivity contribution in [1.29, 1.82) is 0 Å². The maximum absolute atomic E-state index is 2.38. The fourth-order valence-electron chi connectivity index (χ4n) is 4.55.